The van der Waals surface area contributed by atoms with Gasteiger partial charge < -0.3 is 4.74 Å². The number of benzene rings is 2. The molecule has 0 aliphatic carbocycles. The molecule has 0 aromatic heterocycles. The molecule has 0 bridgehead atoms. The number of rotatable bonds is 3. The molecule has 0 atom stereocenters. The first kappa shape index (κ1) is 13.3. The monoisotopic (exact) mass is 258 g/mol. The SMILES string of the molecule is COc1ccc(C(=O)c2ccc(F)c(C)c2)c(C)c1. The van der Waals surface area contributed by atoms with E-state index in [0.29, 0.717) is 22.4 Å². The zero-order valence-corrected chi connectivity index (χ0v) is 11.2. The molecule has 2 rings (SSSR count). The van der Waals surface area contributed by atoms with E-state index in [1.807, 2.05) is 13.0 Å². The molecule has 2 aromatic rings. The number of carbonyl (C=O) groups is 1. The Kier molecular flexibility index (Phi) is 3.65. The summed E-state index contributed by atoms with van der Waals surface area (Å²) in [5.74, 6) is 0.301. The van der Waals surface area contributed by atoms with Crippen molar-refractivity contribution in [1.29, 1.82) is 0 Å². The fourth-order valence-corrected chi connectivity index (χ4v) is 1.96. The first-order valence-corrected chi connectivity index (χ1v) is 5.98. The van der Waals surface area contributed by atoms with E-state index in [0.717, 1.165) is 5.56 Å². The van der Waals surface area contributed by atoms with Crippen LogP contribution in [0.15, 0.2) is 36.4 Å². The average molecular weight is 258 g/mol. The van der Waals surface area contributed by atoms with Gasteiger partial charge >= 0.3 is 0 Å². The molecule has 0 aliphatic rings. The van der Waals surface area contributed by atoms with Gasteiger partial charge in [0.15, 0.2) is 5.78 Å². The summed E-state index contributed by atoms with van der Waals surface area (Å²) in [5.41, 5.74) is 2.40. The molecule has 98 valence electrons. The lowest BCUT2D eigenvalue weighted by Gasteiger charge is -2.08. The first-order chi connectivity index (χ1) is 9.02. The predicted molar refractivity (Wildman–Crippen MR) is 72.3 cm³/mol. The molecule has 0 radical (unpaired) electrons. The highest BCUT2D eigenvalue weighted by Gasteiger charge is 2.13. The Morgan fingerprint density at radius 1 is 1.05 bits per heavy atom. The highest BCUT2D eigenvalue weighted by molar-refractivity contribution is 6.10. The quantitative estimate of drug-likeness (QED) is 0.785. The lowest BCUT2D eigenvalue weighted by atomic mass is 9.98. The van der Waals surface area contributed by atoms with E-state index in [1.165, 1.54) is 12.1 Å². The molecule has 0 amide bonds. The topological polar surface area (TPSA) is 26.3 Å². The molecule has 0 saturated heterocycles. The number of hydrogen-bond donors (Lipinski definition) is 0. The Balaban J connectivity index is 2.41. The van der Waals surface area contributed by atoms with Crippen LogP contribution < -0.4 is 4.74 Å². The van der Waals surface area contributed by atoms with Crippen molar-refractivity contribution in [3.63, 3.8) is 0 Å². The second-order valence-corrected chi connectivity index (χ2v) is 4.47. The summed E-state index contributed by atoms with van der Waals surface area (Å²) >= 11 is 0. The predicted octanol–water partition coefficient (Wildman–Crippen LogP) is 3.68. The maximum absolute atomic E-state index is 13.2. The van der Waals surface area contributed by atoms with Crippen LogP contribution in [0.1, 0.15) is 27.0 Å². The van der Waals surface area contributed by atoms with Crippen molar-refractivity contribution >= 4 is 5.78 Å². The van der Waals surface area contributed by atoms with Crippen LogP contribution in [0.25, 0.3) is 0 Å². The Labute approximate surface area is 111 Å². The molecule has 0 aliphatic heterocycles. The van der Waals surface area contributed by atoms with Crippen molar-refractivity contribution in [2.75, 3.05) is 7.11 Å². The molecule has 0 N–H and O–H groups in total. The lowest BCUT2D eigenvalue weighted by molar-refractivity contribution is 0.103. The van der Waals surface area contributed by atoms with E-state index in [2.05, 4.69) is 0 Å². The van der Waals surface area contributed by atoms with Crippen LogP contribution in [0, 0.1) is 19.7 Å². The standard InChI is InChI=1S/C16H15FO2/c1-10-9-13(19-3)5-6-14(10)16(18)12-4-7-15(17)11(2)8-12/h4-9H,1-3H3. The van der Waals surface area contributed by atoms with Crippen molar-refractivity contribution in [2.24, 2.45) is 0 Å². The van der Waals surface area contributed by atoms with Gasteiger partial charge in [0.2, 0.25) is 0 Å². The second kappa shape index (κ2) is 5.22. The summed E-state index contributed by atoms with van der Waals surface area (Å²) in [7, 11) is 1.58. The van der Waals surface area contributed by atoms with Gasteiger partial charge in [-0.3, -0.25) is 4.79 Å². The van der Waals surface area contributed by atoms with Gasteiger partial charge in [0.1, 0.15) is 11.6 Å². The minimum Gasteiger partial charge on any atom is -0.497 e. The number of ether oxygens (including phenoxy) is 1. The average Bonchev–Trinajstić information content (AvgIpc) is 2.41. The highest BCUT2D eigenvalue weighted by Crippen LogP contribution is 2.20. The molecule has 2 nitrogen and oxygen atoms in total. The van der Waals surface area contributed by atoms with Crippen molar-refractivity contribution in [3.8, 4) is 5.75 Å². The minimum atomic E-state index is -0.303. The van der Waals surface area contributed by atoms with Gasteiger partial charge in [0.25, 0.3) is 0 Å². The smallest absolute Gasteiger partial charge is 0.193 e. The van der Waals surface area contributed by atoms with Crippen LogP contribution in [0.4, 0.5) is 4.39 Å². The largest absolute Gasteiger partial charge is 0.497 e. The number of halogens is 1. The number of hydrogen-bond acceptors (Lipinski definition) is 2. The number of methoxy groups -OCH3 is 1. The zero-order chi connectivity index (χ0) is 14.0. The fourth-order valence-electron chi connectivity index (χ4n) is 1.96. The Morgan fingerprint density at radius 3 is 2.37 bits per heavy atom. The molecule has 3 heteroatoms. The van der Waals surface area contributed by atoms with E-state index in [4.69, 9.17) is 4.74 Å². The third-order valence-corrected chi connectivity index (χ3v) is 3.10. The van der Waals surface area contributed by atoms with E-state index in [-0.39, 0.29) is 11.6 Å². The van der Waals surface area contributed by atoms with Crippen LogP contribution in [-0.4, -0.2) is 12.9 Å². The first-order valence-electron chi connectivity index (χ1n) is 5.98. The van der Waals surface area contributed by atoms with Crippen LogP contribution in [0.2, 0.25) is 0 Å². The van der Waals surface area contributed by atoms with Gasteiger partial charge in [-0.15, -0.1) is 0 Å². The van der Waals surface area contributed by atoms with Gasteiger partial charge in [-0.1, -0.05) is 0 Å². The van der Waals surface area contributed by atoms with Crippen LogP contribution >= 0.6 is 0 Å². The molecular weight excluding hydrogens is 243 g/mol. The van der Waals surface area contributed by atoms with Gasteiger partial charge in [-0.25, -0.2) is 4.39 Å². The maximum Gasteiger partial charge on any atom is 0.193 e. The third kappa shape index (κ3) is 2.65. The summed E-state index contributed by atoms with van der Waals surface area (Å²) in [6.07, 6.45) is 0. The van der Waals surface area contributed by atoms with Crippen molar-refractivity contribution in [1.82, 2.24) is 0 Å². The van der Waals surface area contributed by atoms with Crippen LogP contribution in [-0.2, 0) is 0 Å². The van der Waals surface area contributed by atoms with E-state index < -0.39 is 0 Å². The molecule has 0 saturated carbocycles. The van der Waals surface area contributed by atoms with Gasteiger partial charge in [-0.05, 0) is 61.4 Å². The van der Waals surface area contributed by atoms with Gasteiger partial charge in [0, 0.05) is 11.1 Å². The van der Waals surface area contributed by atoms with Crippen molar-refractivity contribution in [3.05, 3.63) is 64.5 Å². The summed E-state index contributed by atoms with van der Waals surface area (Å²) in [4.78, 5) is 12.4. The zero-order valence-electron chi connectivity index (χ0n) is 11.2. The Morgan fingerprint density at radius 2 is 1.79 bits per heavy atom. The Bertz CT molecular complexity index is 633. The molecular formula is C16H15FO2. The summed E-state index contributed by atoms with van der Waals surface area (Å²) in [6.45, 7) is 3.50. The summed E-state index contributed by atoms with van der Waals surface area (Å²) in [6, 6.07) is 9.69. The normalized spacial score (nSPS) is 10.3. The molecule has 0 unspecified atom stereocenters. The molecule has 0 spiro atoms. The van der Waals surface area contributed by atoms with Crippen LogP contribution in [0.3, 0.4) is 0 Å². The van der Waals surface area contributed by atoms with E-state index in [1.54, 1.807) is 32.2 Å². The fraction of sp³-hybridized carbons (Fsp3) is 0.188. The lowest BCUT2D eigenvalue weighted by Crippen LogP contribution is -2.04. The van der Waals surface area contributed by atoms with E-state index >= 15 is 0 Å². The van der Waals surface area contributed by atoms with Gasteiger partial charge in [-0.2, -0.15) is 0 Å². The van der Waals surface area contributed by atoms with Crippen molar-refractivity contribution in [2.45, 2.75) is 13.8 Å². The minimum absolute atomic E-state index is 0.108. The molecule has 0 heterocycles. The van der Waals surface area contributed by atoms with Gasteiger partial charge in [0.05, 0.1) is 7.11 Å². The third-order valence-electron chi connectivity index (χ3n) is 3.10. The molecule has 19 heavy (non-hydrogen) atoms. The molecule has 2 aromatic carbocycles. The van der Waals surface area contributed by atoms with Crippen molar-refractivity contribution < 1.29 is 13.9 Å². The number of ketones is 1. The summed E-state index contributed by atoms with van der Waals surface area (Å²) < 4.78 is 18.3. The van der Waals surface area contributed by atoms with Crippen LogP contribution in [0.5, 0.6) is 5.75 Å². The number of aryl methyl sites for hydroxylation is 2. The van der Waals surface area contributed by atoms with E-state index in [9.17, 15) is 9.18 Å². The summed E-state index contributed by atoms with van der Waals surface area (Å²) in [5, 5.41) is 0. The Hall–Kier alpha value is -2.16. The second-order valence-electron chi connectivity index (χ2n) is 4.47. The maximum atomic E-state index is 13.2. The highest BCUT2D eigenvalue weighted by atomic mass is 19.1. The number of carbonyl (C=O) groups excluding carboxylic acids is 1. The molecule has 0 fully saturated rings.